The summed E-state index contributed by atoms with van der Waals surface area (Å²) in [6.07, 6.45) is 7.79. The number of hydrogen-bond donors (Lipinski definition) is 2. The highest BCUT2D eigenvalue weighted by molar-refractivity contribution is 4.97. The summed E-state index contributed by atoms with van der Waals surface area (Å²) < 4.78 is 0. The topological polar surface area (TPSA) is 52.0 Å². The molecule has 0 unspecified atom stereocenters. The number of nitrogens with two attached hydrogens (primary N) is 2. The molecule has 12 heavy (non-hydrogen) atoms. The first-order valence-corrected chi connectivity index (χ1v) is 4.83. The fourth-order valence-corrected chi connectivity index (χ4v) is 1.08. The molecule has 0 bridgehead atoms. The van der Waals surface area contributed by atoms with Crippen LogP contribution in [0.15, 0.2) is 11.6 Å². The second kappa shape index (κ2) is 7.32. The standard InChI is InChI=1S/C10H22N2/c1-3-4-6-9(2)7-5-8-10(11)12/h7,10H,3-6,8,11-12H2,1-2H3/b9-7+. The molecule has 0 amide bonds. The van der Waals surface area contributed by atoms with Crippen LogP contribution < -0.4 is 11.5 Å². The van der Waals surface area contributed by atoms with Crippen molar-refractivity contribution in [1.29, 1.82) is 0 Å². The van der Waals surface area contributed by atoms with Crippen molar-refractivity contribution in [2.24, 2.45) is 11.5 Å². The Kier molecular flexibility index (Phi) is 7.11. The molecular weight excluding hydrogens is 148 g/mol. The minimum atomic E-state index is -0.153. The first-order valence-electron chi connectivity index (χ1n) is 4.83. The largest absolute Gasteiger partial charge is 0.316 e. The Morgan fingerprint density at radius 3 is 2.58 bits per heavy atom. The van der Waals surface area contributed by atoms with Crippen molar-refractivity contribution in [3.8, 4) is 0 Å². The minimum absolute atomic E-state index is 0.153. The van der Waals surface area contributed by atoms with Crippen LogP contribution >= 0.6 is 0 Å². The molecule has 0 aliphatic heterocycles. The maximum atomic E-state index is 5.43. The fourth-order valence-electron chi connectivity index (χ4n) is 1.08. The lowest BCUT2D eigenvalue weighted by Crippen LogP contribution is -2.29. The predicted molar refractivity (Wildman–Crippen MR) is 54.7 cm³/mol. The molecule has 0 saturated heterocycles. The first-order chi connectivity index (χ1) is 5.66. The van der Waals surface area contributed by atoms with Gasteiger partial charge in [-0.05, 0) is 32.6 Å². The van der Waals surface area contributed by atoms with Gasteiger partial charge in [0.1, 0.15) is 0 Å². The lowest BCUT2D eigenvalue weighted by molar-refractivity contribution is 0.644. The summed E-state index contributed by atoms with van der Waals surface area (Å²) in [5, 5.41) is 0. The van der Waals surface area contributed by atoms with E-state index in [4.69, 9.17) is 11.5 Å². The van der Waals surface area contributed by atoms with Crippen LogP contribution in [0.1, 0.15) is 46.0 Å². The molecule has 0 aliphatic carbocycles. The van der Waals surface area contributed by atoms with Gasteiger partial charge in [-0.25, -0.2) is 0 Å². The zero-order valence-corrected chi connectivity index (χ0v) is 8.34. The molecule has 0 aromatic rings. The molecule has 2 heteroatoms. The lowest BCUT2D eigenvalue weighted by atomic mass is 10.1. The maximum absolute atomic E-state index is 5.43. The van der Waals surface area contributed by atoms with Crippen molar-refractivity contribution in [3.63, 3.8) is 0 Å². The van der Waals surface area contributed by atoms with E-state index >= 15 is 0 Å². The van der Waals surface area contributed by atoms with Crippen molar-refractivity contribution in [2.75, 3.05) is 0 Å². The van der Waals surface area contributed by atoms with E-state index in [2.05, 4.69) is 19.9 Å². The minimum Gasteiger partial charge on any atom is -0.316 e. The van der Waals surface area contributed by atoms with E-state index in [0.29, 0.717) is 0 Å². The second-order valence-corrected chi connectivity index (χ2v) is 3.40. The summed E-state index contributed by atoms with van der Waals surface area (Å²) >= 11 is 0. The van der Waals surface area contributed by atoms with E-state index in [1.807, 2.05) is 0 Å². The Hall–Kier alpha value is -0.340. The van der Waals surface area contributed by atoms with Gasteiger partial charge >= 0.3 is 0 Å². The van der Waals surface area contributed by atoms with Gasteiger partial charge in [-0.15, -0.1) is 0 Å². The van der Waals surface area contributed by atoms with Gasteiger partial charge in [-0.2, -0.15) is 0 Å². The summed E-state index contributed by atoms with van der Waals surface area (Å²) in [4.78, 5) is 0. The molecule has 72 valence electrons. The third-order valence-corrected chi connectivity index (χ3v) is 1.92. The monoisotopic (exact) mass is 170 g/mol. The van der Waals surface area contributed by atoms with E-state index in [1.54, 1.807) is 0 Å². The first kappa shape index (κ1) is 11.7. The van der Waals surface area contributed by atoms with Crippen molar-refractivity contribution >= 4 is 0 Å². The quantitative estimate of drug-likeness (QED) is 0.474. The number of unbranched alkanes of at least 4 members (excludes halogenated alkanes) is 1. The van der Waals surface area contributed by atoms with Crippen molar-refractivity contribution in [3.05, 3.63) is 11.6 Å². The second-order valence-electron chi connectivity index (χ2n) is 3.40. The van der Waals surface area contributed by atoms with Crippen LogP contribution in [-0.4, -0.2) is 6.17 Å². The molecule has 4 N–H and O–H groups in total. The molecule has 0 aromatic carbocycles. The smallest absolute Gasteiger partial charge is 0.0523 e. The zero-order valence-electron chi connectivity index (χ0n) is 8.34. The summed E-state index contributed by atoms with van der Waals surface area (Å²) in [5.74, 6) is 0. The van der Waals surface area contributed by atoms with Crippen LogP contribution in [0, 0.1) is 0 Å². The van der Waals surface area contributed by atoms with Gasteiger partial charge in [-0.1, -0.05) is 25.0 Å². The molecule has 0 rings (SSSR count). The highest BCUT2D eigenvalue weighted by Crippen LogP contribution is 2.07. The van der Waals surface area contributed by atoms with Gasteiger partial charge in [0.15, 0.2) is 0 Å². The average molecular weight is 170 g/mol. The molecule has 0 heterocycles. The molecule has 0 radical (unpaired) electrons. The fraction of sp³-hybridized carbons (Fsp3) is 0.800. The number of rotatable bonds is 6. The summed E-state index contributed by atoms with van der Waals surface area (Å²) in [7, 11) is 0. The van der Waals surface area contributed by atoms with E-state index < -0.39 is 0 Å². The van der Waals surface area contributed by atoms with Crippen molar-refractivity contribution in [1.82, 2.24) is 0 Å². The van der Waals surface area contributed by atoms with E-state index in [-0.39, 0.29) is 6.17 Å². The lowest BCUT2D eigenvalue weighted by Gasteiger charge is -2.02. The van der Waals surface area contributed by atoms with Gasteiger partial charge in [0, 0.05) is 0 Å². The van der Waals surface area contributed by atoms with Crippen LogP contribution in [0.4, 0.5) is 0 Å². The maximum Gasteiger partial charge on any atom is 0.0523 e. The normalized spacial score (nSPS) is 12.6. The van der Waals surface area contributed by atoms with E-state index in [9.17, 15) is 0 Å². The molecule has 0 saturated carbocycles. The highest BCUT2D eigenvalue weighted by Gasteiger charge is 1.92. The Morgan fingerprint density at radius 1 is 1.42 bits per heavy atom. The van der Waals surface area contributed by atoms with E-state index in [1.165, 1.54) is 24.8 Å². The van der Waals surface area contributed by atoms with Crippen LogP contribution in [0.25, 0.3) is 0 Å². The van der Waals surface area contributed by atoms with Crippen LogP contribution in [-0.2, 0) is 0 Å². The third-order valence-electron chi connectivity index (χ3n) is 1.92. The number of allylic oxidation sites excluding steroid dienone is 2. The van der Waals surface area contributed by atoms with Gasteiger partial charge in [0.2, 0.25) is 0 Å². The molecule has 0 fully saturated rings. The average Bonchev–Trinajstić information content (AvgIpc) is 2.00. The number of hydrogen-bond acceptors (Lipinski definition) is 2. The van der Waals surface area contributed by atoms with Crippen LogP contribution in [0.5, 0.6) is 0 Å². The molecule has 0 atom stereocenters. The van der Waals surface area contributed by atoms with E-state index in [0.717, 1.165) is 12.8 Å². The Balaban J connectivity index is 3.41. The summed E-state index contributed by atoms with van der Waals surface area (Å²) in [6.45, 7) is 4.39. The van der Waals surface area contributed by atoms with Gasteiger partial charge in [0.05, 0.1) is 6.17 Å². The molecule has 2 nitrogen and oxygen atoms in total. The van der Waals surface area contributed by atoms with Crippen LogP contribution in [0.2, 0.25) is 0 Å². The molecule has 0 aliphatic rings. The Morgan fingerprint density at radius 2 is 2.08 bits per heavy atom. The Labute approximate surface area is 76.0 Å². The molecule has 0 aromatic heterocycles. The Bertz CT molecular complexity index is 128. The van der Waals surface area contributed by atoms with Crippen molar-refractivity contribution in [2.45, 2.75) is 52.1 Å². The molecular formula is C10H22N2. The predicted octanol–water partition coefficient (Wildman–Crippen LogP) is 2.15. The van der Waals surface area contributed by atoms with Gasteiger partial charge in [-0.3, -0.25) is 0 Å². The summed E-state index contributed by atoms with van der Waals surface area (Å²) in [6, 6.07) is 0. The zero-order chi connectivity index (χ0) is 9.40. The van der Waals surface area contributed by atoms with Gasteiger partial charge < -0.3 is 11.5 Å². The third kappa shape index (κ3) is 7.76. The van der Waals surface area contributed by atoms with Crippen molar-refractivity contribution < 1.29 is 0 Å². The van der Waals surface area contributed by atoms with Crippen LogP contribution in [0.3, 0.4) is 0 Å². The SMILES string of the molecule is CCCC/C(C)=C/CCC(N)N. The summed E-state index contributed by atoms with van der Waals surface area (Å²) in [5.41, 5.74) is 12.3. The van der Waals surface area contributed by atoms with Gasteiger partial charge in [0.25, 0.3) is 0 Å². The highest BCUT2D eigenvalue weighted by atomic mass is 14.8. The molecule has 0 spiro atoms.